The first kappa shape index (κ1) is 5.21. The molecule has 0 aromatic rings. The highest BCUT2D eigenvalue weighted by molar-refractivity contribution is 5.74. The number of alkyl halides is 2. The van der Waals surface area contributed by atoms with Crippen LogP contribution in [0.25, 0.3) is 0 Å². The fraction of sp³-hybridized carbons (Fsp3) is 0.250. The van der Waals surface area contributed by atoms with Gasteiger partial charge in [0.2, 0.25) is 0 Å². The predicted octanol–water partition coefficient (Wildman–Crippen LogP) is 0.506. The molecule has 0 fully saturated rings. The van der Waals surface area contributed by atoms with E-state index in [0.29, 0.717) is 6.21 Å². The van der Waals surface area contributed by atoms with E-state index in [9.17, 15) is 8.78 Å². The minimum atomic E-state index is -3.00. The van der Waals surface area contributed by atoms with Crippen LogP contribution in [0, 0.1) is 0 Å². The topological polar surface area (TPSA) is 38.4 Å². The number of allylic oxidation sites excluding steroid dienone is 1. The Kier molecular flexibility index (Phi) is 0.829. The summed E-state index contributed by atoms with van der Waals surface area (Å²) in [5.41, 5.74) is 4.31. The third kappa shape index (κ3) is 0.576. The van der Waals surface area contributed by atoms with Gasteiger partial charge in [0.15, 0.2) is 0 Å². The molecule has 0 radical (unpaired) electrons. The van der Waals surface area contributed by atoms with E-state index in [0.717, 1.165) is 6.20 Å². The van der Waals surface area contributed by atoms with E-state index in [1.54, 1.807) is 0 Å². The number of aliphatic imine (C=N–C) groups is 1. The molecule has 1 aliphatic heterocycles. The van der Waals surface area contributed by atoms with Crippen molar-refractivity contribution in [2.24, 2.45) is 10.7 Å². The maximum Gasteiger partial charge on any atom is 0.323 e. The Morgan fingerprint density at radius 3 is 2.38 bits per heavy atom. The van der Waals surface area contributed by atoms with Gasteiger partial charge in [0.25, 0.3) is 0 Å². The minimum Gasteiger partial charge on any atom is -0.396 e. The molecule has 0 saturated carbocycles. The van der Waals surface area contributed by atoms with E-state index in [-0.39, 0.29) is 0 Å². The Balaban J connectivity index is 2.87. The Hall–Kier alpha value is -0.930. The Morgan fingerprint density at radius 1 is 1.62 bits per heavy atom. The van der Waals surface area contributed by atoms with Crippen molar-refractivity contribution >= 4 is 6.21 Å². The average molecular weight is 118 g/mol. The second-order valence-electron chi connectivity index (χ2n) is 1.49. The monoisotopic (exact) mass is 118 g/mol. The Morgan fingerprint density at radius 2 is 2.25 bits per heavy atom. The first-order valence-electron chi connectivity index (χ1n) is 2.01. The van der Waals surface area contributed by atoms with Crippen LogP contribution in [-0.2, 0) is 0 Å². The summed E-state index contributed by atoms with van der Waals surface area (Å²) in [6, 6.07) is 0. The number of hydrogen-bond acceptors (Lipinski definition) is 2. The zero-order valence-electron chi connectivity index (χ0n) is 3.94. The summed E-state index contributed by atoms with van der Waals surface area (Å²) in [6.07, 6.45) is 1.46. The van der Waals surface area contributed by atoms with Gasteiger partial charge in [-0.05, 0) is 0 Å². The smallest absolute Gasteiger partial charge is 0.323 e. The molecule has 1 heterocycles. The number of hydrogen-bond donors (Lipinski definition) is 1. The molecule has 0 amide bonds. The lowest BCUT2D eigenvalue weighted by atomic mass is 10.3. The molecule has 8 heavy (non-hydrogen) atoms. The number of nitrogens with two attached hydrogens (primary N) is 1. The number of rotatable bonds is 0. The van der Waals surface area contributed by atoms with Gasteiger partial charge in [-0.3, -0.25) is 4.99 Å². The molecule has 0 aromatic heterocycles. The van der Waals surface area contributed by atoms with Crippen LogP contribution in [-0.4, -0.2) is 12.1 Å². The summed E-state index contributed by atoms with van der Waals surface area (Å²) in [7, 11) is 0. The molecule has 0 atom stereocenters. The second kappa shape index (κ2) is 1.27. The summed E-state index contributed by atoms with van der Waals surface area (Å²) in [5.74, 6) is -3.00. The van der Waals surface area contributed by atoms with Crippen LogP contribution in [0.5, 0.6) is 0 Å². The summed E-state index contributed by atoms with van der Waals surface area (Å²) < 4.78 is 24.0. The van der Waals surface area contributed by atoms with Gasteiger partial charge in [-0.25, -0.2) is 0 Å². The van der Waals surface area contributed by atoms with Gasteiger partial charge in [0, 0.05) is 0 Å². The van der Waals surface area contributed by atoms with E-state index in [1.807, 2.05) is 0 Å². The molecular formula is C4H4F2N2. The molecule has 0 aliphatic carbocycles. The molecule has 0 spiro atoms. The van der Waals surface area contributed by atoms with E-state index in [4.69, 9.17) is 5.73 Å². The lowest BCUT2D eigenvalue weighted by molar-refractivity contribution is 0.127. The molecule has 0 unspecified atom stereocenters. The van der Waals surface area contributed by atoms with E-state index >= 15 is 0 Å². The second-order valence-corrected chi connectivity index (χ2v) is 1.49. The zero-order valence-corrected chi connectivity index (χ0v) is 3.94. The fourth-order valence-corrected chi connectivity index (χ4v) is 0.372. The highest BCUT2D eigenvalue weighted by Gasteiger charge is 2.32. The van der Waals surface area contributed by atoms with E-state index < -0.39 is 11.6 Å². The standard InChI is InChI=1S/C4H4F2N2/c5-4(6)2-8-1-3(4)7/h1-2H,7H2. The van der Waals surface area contributed by atoms with Crippen molar-refractivity contribution in [2.45, 2.75) is 5.92 Å². The lowest BCUT2D eigenvalue weighted by Crippen LogP contribution is -2.23. The van der Waals surface area contributed by atoms with Gasteiger partial charge in [-0.1, -0.05) is 0 Å². The molecule has 0 aromatic carbocycles. The molecule has 1 aliphatic rings. The molecule has 0 bridgehead atoms. The Labute approximate surface area is 44.7 Å². The van der Waals surface area contributed by atoms with Gasteiger partial charge < -0.3 is 5.73 Å². The summed E-state index contributed by atoms with van der Waals surface area (Å²) >= 11 is 0. The van der Waals surface area contributed by atoms with Crippen LogP contribution in [0.2, 0.25) is 0 Å². The first-order valence-corrected chi connectivity index (χ1v) is 2.01. The molecule has 2 nitrogen and oxygen atoms in total. The fourth-order valence-electron chi connectivity index (χ4n) is 0.372. The van der Waals surface area contributed by atoms with Crippen molar-refractivity contribution in [3.05, 3.63) is 11.9 Å². The van der Waals surface area contributed by atoms with Gasteiger partial charge in [-0.2, -0.15) is 8.78 Å². The van der Waals surface area contributed by atoms with Crippen LogP contribution in [0.1, 0.15) is 0 Å². The number of nitrogens with zero attached hydrogens (tertiary/aromatic N) is 1. The largest absolute Gasteiger partial charge is 0.396 e. The van der Waals surface area contributed by atoms with Gasteiger partial charge in [0.05, 0.1) is 12.4 Å². The normalized spacial score (nSPS) is 23.5. The summed E-state index contributed by atoms with van der Waals surface area (Å²) in [4.78, 5) is 3.16. The average Bonchev–Trinajstić information content (AvgIpc) is 1.86. The van der Waals surface area contributed by atoms with Crippen molar-refractivity contribution in [3.8, 4) is 0 Å². The minimum absolute atomic E-state index is 0.488. The first-order chi connectivity index (χ1) is 3.63. The molecule has 44 valence electrons. The van der Waals surface area contributed by atoms with Crippen molar-refractivity contribution < 1.29 is 8.78 Å². The lowest BCUT2D eigenvalue weighted by Gasteiger charge is -2.03. The van der Waals surface area contributed by atoms with E-state index in [2.05, 4.69) is 4.99 Å². The summed E-state index contributed by atoms with van der Waals surface area (Å²) in [5, 5.41) is 0. The van der Waals surface area contributed by atoms with Gasteiger partial charge >= 0.3 is 5.92 Å². The van der Waals surface area contributed by atoms with Gasteiger partial charge in [0.1, 0.15) is 5.70 Å². The van der Waals surface area contributed by atoms with E-state index in [1.165, 1.54) is 0 Å². The highest BCUT2D eigenvalue weighted by atomic mass is 19.3. The summed E-state index contributed by atoms with van der Waals surface area (Å²) in [6.45, 7) is 0. The van der Waals surface area contributed by atoms with Crippen molar-refractivity contribution in [1.29, 1.82) is 0 Å². The zero-order chi connectivity index (χ0) is 6.20. The third-order valence-corrected chi connectivity index (χ3v) is 0.835. The van der Waals surface area contributed by atoms with Crippen molar-refractivity contribution in [2.75, 3.05) is 0 Å². The quantitative estimate of drug-likeness (QED) is 0.494. The Bertz CT molecular complexity index is 159. The van der Waals surface area contributed by atoms with Crippen LogP contribution in [0.3, 0.4) is 0 Å². The molecular weight excluding hydrogens is 114 g/mol. The molecule has 4 heteroatoms. The van der Waals surface area contributed by atoms with Gasteiger partial charge in [-0.15, -0.1) is 0 Å². The van der Waals surface area contributed by atoms with Crippen LogP contribution >= 0.6 is 0 Å². The maximum atomic E-state index is 12.0. The SMILES string of the molecule is NC1=CN=CC1(F)F. The molecule has 1 rings (SSSR count). The third-order valence-electron chi connectivity index (χ3n) is 0.835. The van der Waals surface area contributed by atoms with Crippen LogP contribution in [0.15, 0.2) is 16.9 Å². The molecule has 0 saturated heterocycles. The predicted molar refractivity (Wildman–Crippen MR) is 25.7 cm³/mol. The maximum absolute atomic E-state index is 12.0. The highest BCUT2D eigenvalue weighted by Crippen LogP contribution is 2.21. The van der Waals surface area contributed by atoms with Crippen LogP contribution in [0.4, 0.5) is 8.78 Å². The molecule has 2 N–H and O–H groups in total. The number of halogens is 2. The van der Waals surface area contributed by atoms with Crippen LogP contribution < -0.4 is 5.73 Å². The van der Waals surface area contributed by atoms with Crippen molar-refractivity contribution in [1.82, 2.24) is 0 Å². The van der Waals surface area contributed by atoms with Crippen molar-refractivity contribution in [3.63, 3.8) is 0 Å².